The Kier molecular flexibility index (Phi) is 6.25. The van der Waals surface area contributed by atoms with Crippen molar-refractivity contribution in [2.75, 3.05) is 0 Å². The molecule has 0 spiro atoms. The van der Waals surface area contributed by atoms with E-state index in [1.807, 2.05) is 32.9 Å². The second-order valence-corrected chi connectivity index (χ2v) is 7.28. The molecule has 1 aromatic carbocycles. The highest BCUT2D eigenvalue weighted by Gasteiger charge is 2.25. The molecule has 0 bridgehead atoms. The number of benzene rings is 1. The lowest BCUT2D eigenvalue weighted by molar-refractivity contribution is 0.0888. The van der Waals surface area contributed by atoms with Crippen molar-refractivity contribution in [2.24, 2.45) is 0 Å². The Morgan fingerprint density at radius 2 is 1.93 bits per heavy atom. The van der Waals surface area contributed by atoms with E-state index in [0.29, 0.717) is 11.3 Å². The lowest BCUT2D eigenvalue weighted by Gasteiger charge is -2.30. The summed E-state index contributed by atoms with van der Waals surface area (Å²) in [6, 6.07) is 6.03. The molecule has 0 unspecified atom stereocenters. The third kappa shape index (κ3) is 4.48. The predicted octanol–water partition coefficient (Wildman–Crippen LogP) is 3.65. The number of aryl methyl sites for hydroxylation is 1. The topological polar surface area (TPSA) is 87.9 Å². The molecular formula is C22H26N4O2. The Hall–Kier alpha value is -2.94. The fourth-order valence-electron chi connectivity index (χ4n) is 3.46. The molecule has 1 saturated carbocycles. The minimum Gasteiger partial charge on any atom is -0.490 e. The van der Waals surface area contributed by atoms with Crippen LogP contribution in [0, 0.1) is 25.2 Å². The molecule has 0 aliphatic heterocycles. The zero-order valence-corrected chi connectivity index (χ0v) is 16.7. The van der Waals surface area contributed by atoms with E-state index in [9.17, 15) is 4.79 Å². The number of nitrogens with zero attached hydrogens (tertiary/aromatic N) is 3. The third-order valence-corrected chi connectivity index (χ3v) is 5.46. The Labute approximate surface area is 166 Å². The Balaban J connectivity index is 1.52. The first-order valence-corrected chi connectivity index (χ1v) is 9.80. The van der Waals surface area contributed by atoms with E-state index < -0.39 is 0 Å². The van der Waals surface area contributed by atoms with Gasteiger partial charge in [0.05, 0.1) is 29.6 Å². The van der Waals surface area contributed by atoms with Gasteiger partial charge in [-0.3, -0.25) is 9.78 Å². The van der Waals surface area contributed by atoms with E-state index in [4.69, 9.17) is 10.00 Å². The Morgan fingerprint density at radius 1 is 1.18 bits per heavy atom. The second kappa shape index (κ2) is 8.83. The number of carbonyl (C=O) groups excluding carboxylic acids is 1. The number of ether oxygens (including phenoxy) is 1. The standard InChI is InChI=1S/C22H26N4O2/c1-4-17-12-25-20(13-24-17)22(27)26-18-6-8-19(9-7-18)28-21-10-5-16(11-23)14(2)15(21)3/h5,10,12-13,18-19H,4,6-9H2,1-3H3,(H,26,27). The summed E-state index contributed by atoms with van der Waals surface area (Å²) in [5, 5.41) is 12.2. The summed E-state index contributed by atoms with van der Waals surface area (Å²) in [5.41, 5.74) is 3.91. The summed E-state index contributed by atoms with van der Waals surface area (Å²) in [6.07, 6.45) is 7.62. The zero-order chi connectivity index (χ0) is 20.1. The first-order chi connectivity index (χ1) is 13.5. The number of amides is 1. The summed E-state index contributed by atoms with van der Waals surface area (Å²) in [5.74, 6) is 0.674. The van der Waals surface area contributed by atoms with Gasteiger partial charge in [0.1, 0.15) is 11.4 Å². The van der Waals surface area contributed by atoms with Crippen LogP contribution in [0.5, 0.6) is 5.75 Å². The number of nitrogens with one attached hydrogen (secondary N) is 1. The van der Waals surface area contributed by atoms with Crippen LogP contribution < -0.4 is 10.1 Å². The minimum atomic E-state index is -0.168. The van der Waals surface area contributed by atoms with Crippen molar-refractivity contribution in [3.8, 4) is 11.8 Å². The molecule has 1 heterocycles. The molecule has 146 valence electrons. The number of carbonyl (C=O) groups is 1. The fourth-order valence-corrected chi connectivity index (χ4v) is 3.46. The molecule has 1 aliphatic carbocycles. The molecular weight excluding hydrogens is 352 g/mol. The molecule has 1 aliphatic rings. The van der Waals surface area contributed by atoms with E-state index in [0.717, 1.165) is 54.7 Å². The maximum Gasteiger partial charge on any atom is 0.271 e. The van der Waals surface area contributed by atoms with Crippen molar-refractivity contribution in [2.45, 2.75) is 65.0 Å². The van der Waals surface area contributed by atoms with Crippen LogP contribution in [0.1, 0.15) is 65.5 Å². The lowest BCUT2D eigenvalue weighted by Crippen LogP contribution is -2.40. The van der Waals surface area contributed by atoms with Gasteiger partial charge in [-0.15, -0.1) is 0 Å². The van der Waals surface area contributed by atoms with Gasteiger partial charge >= 0.3 is 0 Å². The van der Waals surface area contributed by atoms with Crippen LogP contribution in [0.15, 0.2) is 24.5 Å². The van der Waals surface area contributed by atoms with Crippen LogP contribution in [0.2, 0.25) is 0 Å². The van der Waals surface area contributed by atoms with Crippen LogP contribution in [0.3, 0.4) is 0 Å². The smallest absolute Gasteiger partial charge is 0.271 e. The highest BCUT2D eigenvalue weighted by atomic mass is 16.5. The zero-order valence-electron chi connectivity index (χ0n) is 16.7. The van der Waals surface area contributed by atoms with Crippen LogP contribution >= 0.6 is 0 Å². The van der Waals surface area contributed by atoms with Gasteiger partial charge in [0, 0.05) is 12.2 Å². The Bertz CT molecular complexity index is 879. The maximum absolute atomic E-state index is 12.4. The van der Waals surface area contributed by atoms with E-state index in [1.54, 1.807) is 12.4 Å². The molecule has 0 saturated heterocycles. The number of rotatable bonds is 5. The highest BCUT2D eigenvalue weighted by Crippen LogP contribution is 2.29. The number of hydrogen-bond donors (Lipinski definition) is 1. The Morgan fingerprint density at radius 3 is 2.54 bits per heavy atom. The highest BCUT2D eigenvalue weighted by molar-refractivity contribution is 5.92. The van der Waals surface area contributed by atoms with E-state index in [2.05, 4.69) is 21.4 Å². The van der Waals surface area contributed by atoms with Gasteiger partial charge in [0.2, 0.25) is 0 Å². The van der Waals surface area contributed by atoms with Gasteiger partial charge in [0.15, 0.2) is 0 Å². The SMILES string of the molecule is CCc1cnc(C(=O)NC2CCC(Oc3ccc(C#N)c(C)c3C)CC2)cn1. The van der Waals surface area contributed by atoms with Gasteiger partial charge in [-0.2, -0.15) is 5.26 Å². The predicted molar refractivity (Wildman–Crippen MR) is 106 cm³/mol. The van der Waals surface area contributed by atoms with Crippen LogP contribution in [0.25, 0.3) is 0 Å². The number of hydrogen-bond acceptors (Lipinski definition) is 5. The fraction of sp³-hybridized carbons (Fsp3) is 0.455. The van der Waals surface area contributed by atoms with E-state index in [1.165, 1.54) is 0 Å². The summed E-state index contributed by atoms with van der Waals surface area (Å²) in [7, 11) is 0. The molecule has 0 atom stereocenters. The summed E-state index contributed by atoms with van der Waals surface area (Å²) >= 11 is 0. The average molecular weight is 378 g/mol. The van der Waals surface area contributed by atoms with Gasteiger partial charge < -0.3 is 10.1 Å². The molecule has 0 radical (unpaired) electrons. The first-order valence-electron chi connectivity index (χ1n) is 9.80. The normalized spacial score (nSPS) is 18.9. The number of aromatic nitrogens is 2. The monoisotopic (exact) mass is 378 g/mol. The van der Waals surface area contributed by atoms with Crippen LogP contribution in [-0.2, 0) is 6.42 Å². The molecule has 1 aromatic heterocycles. The van der Waals surface area contributed by atoms with E-state index in [-0.39, 0.29) is 18.1 Å². The first kappa shape index (κ1) is 19.8. The second-order valence-electron chi connectivity index (χ2n) is 7.28. The third-order valence-electron chi connectivity index (χ3n) is 5.46. The molecule has 1 amide bonds. The van der Waals surface area contributed by atoms with Gasteiger partial charge in [-0.25, -0.2) is 4.98 Å². The molecule has 1 fully saturated rings. The summed E-state index contributed by atoms with van der Waals surface area (Å²) < 4.78 is 6.19. The number of nitriles is 1. The van der Waals surface area contributed by atoms with Crippen molar-refractivity contribution in [1.82, 2.24) is 15.3 Å². The van der Waals surface area contributed by atoms with Crippen molar-refractivity contribution >= 4 is 5.91 Å². The summed E-state index contributed by atoms with van der Waals surface area (Å²) in [4.78, 5) is 20.8. The maximum atomic E-state index is 12.4. The van der Waals surface area contributed by atoms with Crippen LogP contribution in [-0.4, -0.2) is 28.0 Å². The quantitative estimate of drug-likeness (QED) is 0.858. The van der Waals surface area contributed by atoms with Gasteiger partial charge in [-0.05, 0) is 69.2 Å². The molecule has 6 heteroatoms. The molecule has 6 nitrogen and oxygen atoms in total. The average Bonchev–Trinajstić information content (AvgIpc) is 2.73. The largest absolute Gasteiger partial charge is 0.490 e. The lowest BCUT2D eigenvalue weighted by atomic mass is 9.92. The van der Waals surface area contributed by atoms with Crippen molar-refractivity contribution in [3.63, 3.8) is 0 Å². The van der Waals surface area contributed by atoms with Gasteiger partial charge in [-0.1, -0.05) is 6.92 Å². The van der Waals surface area contributed by atoms with Crippen molar-refractivity contribution in [3.05, 3.63) is 52.6 Å². The molecule has 28 heavy (non-hydrogen) atoms. The van der Waals surface area contributed by atoms with Crippen molar-refractivity contribution < 1.29 is 9.53 Å². The minimum absolute atomic E-state index is 0.128. The van der Waals surface area contributed by atoms with Gasteiger partial charge in [0.25, 0.3) is 5.91 Å². The van der Waals surface area contributed by atoms with Crippen molar-refractivity contribution in [1.29, 1.82) is 5.26 Å². The van der Waals surface area contributed by atoms with Crippen LogP contribution in [0.4, 0.5) is 0 Å². The molecule has 2 aromatic rings. The molecule has 3 rings (SSSR count). The van der Waals surface area contributed by atoms with E-state index >= 15 is 0 Å². The summed E-state index contributed by atoms with van der Waals surface area (Å²) in [6.45, 7) is 5.94. The molecule has 1 N–H and O–H groups in total.